The first-order chi connectivity index (χ1) is 11.2. The minimum atomic E-state index is -0.284. The van der Waals surface area contributed by atoms with Crippen molar-refractivity contribution in [1.82, 2.24) is 9.80 Å². The first kappa shape index (κ1) is 16.5. The third-order valence-electron chi connectivity index (χ3n) is 4.95. The molecule has 2 aliphatic rings. The second-order valence-corrected chi connectivity index (χ2v) is 7.48. The molecule has 1 atom stereocenters. The highest BCUT2D eigenvalue weighted by Crippen LogP contribution is 2.24. The summed E-state index contributed by atoms with van der Waals surface area (Å²) in [4.78, 5) is 30.0. The molecular weight excluding hydrogens is 312 g/mol. The third kappa shape index (κ3) is 3.75. The lowest BCUT2D eigenvalue weighted by Gasteiger charge is -2.35. The molecule has 5 nitrogen and oxygen atoms in total. The maximum Gasteiger partial charge on any atom is 0.245 e. The van der Waals surface area contributed by atoms with Crippen molar-refractivity contribution in [2.45, 2.75) is 38.1 Å². The van der Waals surface area contributed by atoms with E-state index in [-0.39, 0.29) is 24.5 Å². The zero-order valence-corrected chi connectivity index (χ0v) is 14.1. The fourth-order valence-corrected chi connectivity index (χ4v) is 4.23. The van der Waals surface area contributed by atoms with Gasteiger partial charge in [-0.1, -0.05) is 6.07 Å². The molecule has 2 amide bonds. The van der Waals surface area contributed by atoms with Gasteiger partial charge < -0.3 is 14.9 Å². The number of aliphatic hydroxyl groups excluding tert-OH is 1. The largest absolute Gasteiger partial charge is 0.396 e. The molecule has 23 heavy (non-hydrogen) atoms. The van der Waals surface area contributed by atoms with Crippen molar-refractivity contribution in [2.75, 3.05) is 26.2 Å². The number of amides is 2. The number of rotatable bonds is 4. The normalized spacial score (nSPS) is 22.6. The minimum absolute atomic E-state index is 0.0635. The SMILES string of the molecule is O=C(C1CCCN1C(=O)Cc1cccs1)N1CCC(CO)CC1. The van der Waals surface area contributed by atoms with Crippen LogP contribution >= 0.6 is 11.3 Å². The Morgan fingerprint density at radius 3 is 2.65 bits per heavy atom. The zero-order chi connectivity index (χ0) is 16.2. The van der Waals surface area contributed by atoms with Gasteiger partial charge in [0.15, 0.2) is 0 Å². The van der Waals surface area contributed by atoms with Crippen LogP contribution in [-0.2, 0) is 16.0 Å². The van der Waals surface area contributed by atoms with Crippen LogP contribution in [-0.4, -0.2) is 59.0 Å². The van der Waals surface area contributed by atoms with Crippen molar-refractivity contribution in [3.05, 3.63) is 22.4 Å². The van der Waals surface area contributed by atoms with Crippen molar-refractivity contribution >= 4 is 23.2 Å². The lowest BCUT2D eigenvalue weighted by molar-refractivity contribution is -0.144. The Hall–Kier alpha value is -1.40. The number of carbonyl (C=O) groups is 2. The van der Waals surface area contributed by atoms with Crippen molar-refractivity contribution < 1.29 is 14.7 Å². The van der Waals surface area contributed by atoms with Gasteiger partial charge in [-0.2, -0.15) is 0 Å². The average Bonchev–Trinajstić information content (AvgIpc) is 3.25. The summed E-state index contributed by atoms with van der Waals surface area (Å²) in [6, 6.07) is 3.63. The fourth-order valence-electron chi connectivity index (χ4n) is 3.53. The van der Waals surface area contributed by atoms with Crippen LogP contribution in [0, 0.1) is 5.92 Å². The number of aliphatic hydroxyl groups is 1. The summed E-state index contributed by atoms with van der Waals surface area (Å²) in [6.45, 7) is 2.30. The Kier molecular flexibility index (Phi) is 5.33. The van der Waals surface area contributed by atoms with Gasteiger partial charge >= 0.3 is 0 Å². The molecule has 0 saturated carbocycles. The maximum atomic E-state index is 12.8. The minimum Gasteiger partial charge on any atom is -0.396 e. The number of hydrogen-bond acceptors (Lipinski definition) is 4. The van der Waals surface area contributed by atoms with Gasteiger partial charge in [0.05, 0.1) is 6.42 Å². The van der Waals surface area contributed by atoms with E-state index in [1.165, 1.54) is 0 Å². The van der Waals surface area contributed by atoms with Crippen LogP contribution in [0.1, 0.15) is 30.6 Å². The van der Waals surface area contributed by atoms with Crippen molar-refractivity contribution in [2.24, 2.45) is 5.92 Å². The molecule has 3 rings (SSSR count). The Morgan fingerprint density at radius 1 is 1.22 bits per heavy atom. The highest BCUT2D eigenvalue weighted by Gasteiger charge is 2.37. The molecule has 0 bridgehead atoms. The van der Waals surface area contributed by atoms with Crippen LogP contribution in [0.25, 0.3) is 0 Å². The fraction of sp³-hybridized carbons (Fsp3) is 0.647. The molecule has 1 unspecified atom stereocenters. The molecule has 2 fully saturated rings. The van der Waals surface area contributed by atoms with Gasteiger partial charge in [-0.15, -0.1) is 11.3 Å². The van der Waals surface area contributed by atoms with E-state index in [4.69, 9.17) is 0 Å². The maximum absolute atomic E-state index is 12.8. The van der Waals surface area contributed by atoms with Gasteiger partial charge in [-0.05, 0) is 43.0 Å². The number of thiophene rings is 1. The molecule has 6 heteroatoms. The van der Waals surface area contributed by atoms with E-state index in [0.717, 1.165) is 30.6 Å². The Labute approximate surface area is 140 Å². The summed E-state index contributed by atoms with van der Waals surface area (Å²) < 4.78 is 0. The Bertz CT molecular complexity index is 538. The van der Waals surface area contributed by atoms with E-state index in [1.807, 2.05) is 22.4 Å². The van der Waals surface area contributed by atoms with Gasteiger partial charge in [0.25, 0.3) is 0 Å². The molecule has 1 aromatic rings. The second kappa shape index (κ2) is 7.45. The molecule has 0 aliphatic carbocycles. The molecule has 0 aromatic carbocycles. The smallest absolute Gasteiger partial charge is 0.245 e. The molecule has 2 saturated heterocycles. The van der Waals surface area contributed by atoms with Crippen LogP contribution in [0.5, 0.6) is 0 Å². The first-order valence-corrected chi connectivity index (χ1v) is 9.28. The van der Waals surface area contributed by atoms with Crippen molar-refractivity contribution in [3.8, 4) is 0 Å². The van der Waals surface area contributed by atoms with Crippen LogP contribution in [0.4, 0.5) is 0 Å². The molecule has 1 aromatic heterocycles. The molecule has 0 spiro atoms. The molecule has 1 N–H and O–H groups in total. The van der Waals surface area contributed by atoms with E-state index in [1.54, 1.807) is 16.2 Å². The van der Waals surface area contributed by atoms with Gasteiger partial charge in [-0.25, -0.2) is 0 Å². The summed E-state index contributed by atoms with van der Waals surface area (Å²) in [6.07, 6.45) is 3.79. The first-order valence-electron chi connectivity index (χ1n) is 8.40. The quantitative estimate of drug-likeness (QED) is 0.907. The number of likely N-dealkylation sites (tertiary alicyclic amines) is 2. The van der Waals surface area contributed by atoms with E-state index in [0.29, 0.717) is 32.0 Å². The van der Waals surface area contributed by atoms with Crippen molar-refractivity contribution in [3.63, 3.8) is 0 Å². The van der Waals surface area contributed by atoms with E-state index >= 15 is 0 Å². The summed E-state index contributed by atoms with van der Waals surface area (Å²) in [7, 11) is 0. The number of nitrogens with zero attached hydrogens (tertiary/aromatic N) is 2. The summed E-state index contributed by atoms with van der Waals surface area (Å²) in [5.74, 6) is 0.478. The van der Waals surface area contributed by atoms with E-state index in [9.17, 15) is 14.7 Å². The Morgan fingerprint density at radius 2 is 2.00 bits per heavy atom. The predicted octanol–water partition coefficient (Wildman–Crippen LogP) is 1.51. The standard InChI is InChI=1S/C17H24N2O3S/c20-12-13-5-8-18(9-6-13)17(22)15-4-1-7-19(15)16(21)11-14-3-2-10-23-14/h2-3,10,13,15,20H,1,4-9,11-12H2. The highest BCUT2D eigenvalue weighted by molar-refractivity contribution is 7.10. The van der Waals surface area contributed by atoms with Gasteiger partial charge in [0.2, 0.25) is 11.8 Å². The summed E-state index contributed by atoms with van der Waals surface area (Å²) in [5, 5.41) is 11.2. The zero-order valence-electron chi connectivity index (χ0n) is 13.3. The third-order valence-corrected chi connectivity index (χ3v) is 5.82. The van der Waals surface area contributed by atoms with Crippen LogP contribution < -0.4 is 0 Å². The van der Waals surface area contributed by atoms with Gasteiger partial charge in [-0.3, -0.25) is 9.59 Å². The lowest BCUT2D eigenvalue weighted by Crippen LogP contribution is -2.50. The molecular formula is C17H24N2O3S. The van der Waals surface area contributed by atoms with E-state index < -0.39 is 0 Å². The number of piperidine rings is 1. The lowest BCUT2D eigenvalue weighted by atomic mass is 9.97. The average molecular weight is 336 g/mol. The molecule has 2 aliphatic heterocycles. The van der Waals surface area contributed by atoms with Crippen LogP contribution in [0.15, 0.2) is 17.5 Å². The summed E-state index contributed by atoms with van der Waals surface area (Å²) in [5.41, 5.74) is 0. The van der Waals surface area contributed by atoms with Crippen LogP contribution in [0.3, 0.4) is 0 Å². The summed E-state index contributed by atoms with van der Waals surface area (Å²) >= 11 is 1.58. The van der Waals surface area contributed by atoms with E-state index in [2.05, 4.69) is 0 Å². The second-order valence-electron chi connectivity index (χ2n) is 6.45. The molecule has 126 valence electrons. The predicted molar refractivity (Wildman–Crippen MR) is 89.1 cm³/mol. The monoisotopic (exact) mass is 336 g/mol. The Balaban J connectivity index is 1.59. The van der Waals surface area contributed by atoms with Crippen LogP contribution in [0.2, 0.25) is 0 Å². The van der Waals surface area contributed by atoms with Gasteiger partial charge in [0.1, 0.15) is 6.04 Å². The highest BCUT2D eigenvalue weighted by atomic mass is 32.1. The topological polar surface area (TPSA) is 60.9 Å². The van der Waals surface area contributed by atoms with Gasteiger partial charge in [0, 0.05) is 31.1 Å². The number of hydrogen-bond donors (Lipinski definition) is 1. The molecule has 3 heterocycles. The van der Waals surface area contributed by atoms with Crippen molar-refractivity contribution in [1.29, 1.82) is 0 Å². The number of carbonyl (C=O) groups excluding carboxylic acids is 2. The molecule has 0 radical (unpaired) electrons.